The van der Waals surface area contributed by atoms with Crippen LogP contribution in [0.25, 0.3) is 0 Å². The van der Waals surface area contributed by atoms with E-state index >= 15 is 0 Å². The molecule has 1 aromatic carbocycles. The molecule has 0 radical (unpaired) electrons. The van der Waals surface area contributed by atoms with Crippen LogP contribution < -0.4 is 10.2 Å². The summed E-state index contributed by atoms with van der Waals surface area (Å²) < 4.78 is 2.05. The fraction of sp³-hybridized carbons (Fsp3) is 0.391. The molecule has 31 heavy (non-hydrogen) atoms. The molecule has 7 nitrogen and oxygen atoms in total. The van der Waals surface area contributed by atoms with Crippen LogP contribution >= 0.6 is 11.6 Å². The lowest BCUT2D eigenvalue weighted by atomic mass is 9.92. The Bertz CT molecular complexity index is 1080. The van der Waals surface area contributed by atoms with Gasteiger partial charge in [-0.1, -0.05) is 41.9 Å². The molecule has 0 spiro atoms. The van der Waals surface area contributed by atoms with Crippen LogP contribution in [0, 0.1) is 0 Å². The summed E-state index contributed by atoms with van der Waals surface area (Å²) in [6.45, 7) is 2.55. The predicted molar refractivity (Wildman–Crippen MR) is 119 cm³/mol. The number of nitrogens with zero attached hydrogens (tertiary/aromatic N) is 5. The van der Waals surface area contributed by atoms with E-state index in [4.69, 9.17) is 11.6 Å². The summed E-state index contributed by atoms with van der Waals surface area (Å²) in [5.41, 5.74) is 3.72. The van der Waals surface area contributed by atoms with Crippen molar-refractivity contribution in [1.29, 1.82) is 0 Å². The lowest BCUT2D eigenvalue weighted by Gasteiger charge is -2.24. The van der Waals surface area contributed by atoms with Crippen LogP contribution in [-0.2, 0) is 13.0 Å². The van der Waals surface area contributed by atoms with Crippen molar-refractivity contribution in [3.05, 3.63) is 70.3 Å². The lowest BCUT2D eigenvalue weighted by Crippen LogP contribution is -2.32. The Morgan fingerprint density at radius 3 is 2.74 bits per heavy atom. The summed E-state index contributed by atoms with van der Waals surface area (Å²) in [6.07, 6.45) is 8.48. The number of aromatic nitrogens is 4. The van der Waals surface area contributed by atoms with Crippen molar-refractivity contribution in [2.45, 2.75) is 44.7 Å². The van der Waals surface area contributed by atoms with E-state index in [0.29, 0.717) is 5.95 Å². The minimum Gasteiger partial charge on any atom is -0.344 e. The summed E-state index contributed by atoms with van der Waals surface area (Å²) in [5, 5.41) is 8.03. The number of carbonyl (C=O) groups is 1. The van der Waals surface area contributed by atoms with E-state index in [2.05, 4.69) is 37.4 Å². The molecule has 1 amide bonds. The SMILES string of the molecule is O=C(NC1CCCc2c1cnn2Cc1ccccc1)c1nc(N2CCCC2)ncc1Cl. The second kappa shape index (κ2) is 8.67. The first-order chi connectivity index (χ1) is 15.2. The number of fused-ring (bicyclic) bond motifs is 1. The van der Waals surface area contributed by atoms with Crippen LogP contribution in [0.5, 0.6) is 0 Å². The Hall–Kier alpha value is -2.93. The van der Waals surface area contributed by atoms with Gasteiger partial charge < -0.3 is 10.2 Å². The average molecular weight is 437 g/mol. The van der Waals surface area contributed by atoms with E-state index < -0.39 is 0 Å². The highest BCUT2D eigenvalue weighted by Crippen LogP contribution is 2.30. The fourth-order valence-corrected chi connectivity index (χ4v) is 4.65. The number of carbonyl (C=O) groups excluding carboxylic acids is 1. The molecule has 160 valence electrons. The Kier molecular flexibility index (Phi) is 5.59. The molecule has 2 aromatic heterocycles. The lowest BCUT2D eigenvalue weighted by molar-refractivity contribution is 0.0927. The molecule has 3 heterocycles. The number of hydrogen-bond acceptors (Lipinski definition) is 5. The number of rotatable bonds is 5. The third-order valence-corrected chi connectivity index (χ3v) is 6.36. The second-order valence-electron chi connectivity index (χ2n) is 8.17. The summed E-state index contributed by atoms with van der Waals surface area (Å²) in [5.74, 6) is 0.313. The molecule has 1 fully saturated rings. The molecule has 1 N–H and O–H groups in total. The van der Waals surface area contributed by atoms with Gasteiger partial charge in [0.15, 0.2) is 5.69 Å². The van der Waals surface area contributed by atoms with Gasteiger partial charge in [0.05, 0.1) is 30.0 Å². The van der Waals surface area contributed by atoms with Crippen molar-refractivity contribution < 1.29 is 4.79 Å². The maximum Gasteiger partial charge on any atom is 0.272 e. The molecule has 2 aliphatic rings. The van der Waals surface area contributed by atoms with Gasteiger partial charge >= 0.3 is 0 Å². The molecule has 1 aliphatic carbocycles. The number of anilines is 1. The van der Waals surface area contributed by atoms with Crippen LogP contribution in [-0.4, -0.2) is 38.7 Å². The van der Waals surface area contributed by atoms with Gasteiger partial charge in [0.1, 0.15) is 0 Å². The van der Waals surface area contributed by atoms with Crippen LogP contribution in [0.3, 0.4) is 0 Å². The Labute approximate surface area is 186 Å². The quantitative estimate of drug-likeness (QED) is 0.658. The van der Waals surface area contributed by atoms with Crippen molar-refractivity contribution in [2.24, 2.45) is 0 Å². The number of benzene rings is 1. The van der Waals surface area contributed by atoms with Gasteiger partial charge in [-0.2, -0.15) is 5.10 Å². The molecular weight excluding hydrogens is 412 g/mol. The maximum atomic E-state index is 13.1. The first-order valence-corrected chi connectivity index (χ1v) is 11.2. The van der Waals surface area contributed by atoms with Crippen LogP contribution in [0.1, 0.15) is 59.0 Å². The first-order valence-electron chi connectivity index (χ1n) is 10.9. The van der Waals surface area contributed by atoms with Gasteiger partial charge in [-0.05, 0) is 37.7 Å². The zero-order chi connectivity index (χ0) is 21.2. The van der Waals surface area contributed by atoms with E-state index in [1.165, 1.54) is 17.5 Å². The third-order valence-electron chi connectivity index (χ3n) is 6.08. The maximum absolute atomic E-state index is 13.1. The monoisotopic (exact) mass is 436 g/mol. The zero-order valence-corrected chi connectivity index (χ0v) is 18.1. The highest BCUT2D eigenvalue weighted by Gasteiger charge is 2.27. The third kappa shape index (κ3) is 4.14. The summed E-state index contributed by atoms with van der Waals surface area (Å²) in [4.78, 5) is 24.0. The van der Waals surface area contributed by atoms with E-state index in [1.54, 1.807) is 0 Å². The van der Waals surface area contributed by atoms with Gasteiger partial charge in [0.25, 0.3) is 5.91 Å². The van der Waals surface area contributed by atoms with E-state index in [9.17, 15) is 4.79 Å². The van der Waals surface area contributed by atoms with E-state index in [1.807, 2.05) is 29.1 Å². The molecule has 1 saturated heterocycles. The summed E-state index contributed by atoms with van der Waals surface area (Å²) in [7, 11) is 0. The molecule has 0 bridgehead atoms. The minimum atomic E-state index is -0.262. The van der Waals surface area contributed by atoms with Gasteiger partial charge in [-0.25, -0.2) is 9.97 Å². The minimum absolute atomic E-state index is 0.0953. The second-order valence-corrected chi connectivity index (χ2v) is 8.58. The van der Waals surface area contributed by atoms with Crippen molar-refractivity contribution in [2.75, 3.05) is 18.0 Å². The molecule has 5 rings (SSSR count). The van der Waals surface area contributed by atoms with Crippen LogP contribution in [0.2, 0.25) is 5.02 Å². The predicted octanol–water partition coefficient (Wildman–Crippen LogP) is 3.78. The van der Waals surface area contributed by atoms with Crippen molar-refractivity contribution in [3.63, 3.8) is 0 Å². The molecule has 3 aromatic rings. The van der Waals surface area contributed by atoms with Gasteiger partial charge in [0.2, 0.25) is 5.95 Å². The topological polar surface area (TPSA) is 75.9 Å². The van der Waals surface area contributed by atoms with Crippen LogP contribution in [0.4, 0.5) is 5.95 Å². The Morgan fingerprint density at radius 1 is 1.13 bits per heavy atom. The van der Waals surface area contributed by atoms with Gasteiger partial charge in [0, 0.05) is 24.3 Å². The van der Waals surface area contributed by atoms with Crippen molar-refractivity contribution >= 4 is 23.5 Å². The molecule has 1 aliphatic heterocycles. The fourth-order valence-electron chi connectivity index (χ4n) is 4.47. The van der Waals surface area contributed by atoms with E-state index in [-0.39, 0.29) is 22.7 Å². The Morgan fingerprint density at radius 2 is 1.94 bits per heavy atom. The number of nitrogens with one attached hydrogen (secondary N) is 1. The molecule has 1 atom stereocenters. The summed E-state index contributed by atoms with van der Waals surface area (Å²) >= 11 is 6.29. The molecule has 0 saturated carbocycles. The molecule has 1 unspecified atom stereocenters. The molecule has 8 heteroatoms. The van der Waals surface area contributed by atoms with Crippen LogP contribution in [0.15, 0.2) is 42.7 Å². The average Bonchev–Trinajstić information content (AvgIpc) is 3.46. The number of amides is 1. The van der Waals surface area contributed by atoms with Crippen molar-refractivity contribution in [1.82, 2.24) is 25.1 Å². The number of halogens is 1. The van der Waals surface area contributed by atoms with Gasteiger partial charge in [-0.15, -0.1) is 0 Å². The highest BCUT2D eigenvalue weighted by atomic mass is 35.5. The highest BCUT2D eigenvalue weighted by molar-refractivity contribution is 6.33. The normalized spacial score (nSPS) is 18.1. The molecular formula is C23H25ClN6O. The standard InChI is InChI=1S/C23H25ClN6O/c24-18-14-25-23(29-11-4-5-12-29)28-21(18)22(31)27-19-9-6-10-20-17(19)13-26-30(20)15-16-7-2-1-3-8-16/h1-3,7-8,13-14,19H,4-6,9-12,15H2,(H,27,31). The largest absolute Gasteiger partial charge is 0.344 e. The summed E-state index contributed by atoms with van der Waals surface area (Å²) in [6, 6.07) is 10.2. The Balaban J connectivity index is 1.35. The smallest absolute Gasteiger partial charge is 0.272 e. The van der Waals surface area contributed by atoms with E-state index in [0.717, 1.165) is 57.3 Å². The van der Waals surface area contributed by atoms with Crippen molar-refractivity contribution in [3.8, 4) is 0 Å². The number of hydrogen-bond donors (Lipinski definition) is 1. The first kappa shape index (κ1) is 20.0. The van der Waals surface area contributed by atoms with Gasteiger partial charge in [-0.3, -0.25) is 9.48 Å². The zero-order valence-electron chi connectivity index (χ0n) is 17.3.